The third kappa shape index (κ3) is 61.1. The summed E-state index contributed by atoms with van der Waals surface area (Å²) >= 11 is 0. The summed E-state index contributed by atoms with van der Waals surface area (Å²) < 4.78 is 30.7. The lowest BCUT2D eigenvalue weighted by Crippen LogP contribution is -2.47. The molecule has 466 valence electrons. The number of nitrogens with one attached hydrogen (secondary N) is 1. The maximum absolute atomic E-state index is 13.6. The first-order valence-electron chi connectivity index (χ1n) is 33.2. The van der Waals surface area contributed by atoms with Gasteiger partial charge in [-0.05, 0) is 115 Å². The number of carbonyl (C=O) groups excluding carboxylic acids is 2. The van der Waals surface area contributed by atoms with Crippen LogP contribution in [-0.4, -0.2) is 74.3 Å². The number of rotatable bonds is 59. The van der Waals surface area contributed by atoms with Crippen LogP contribution in [0.4, 0.5) is 0 Å². The quantitative estimate of drug-likeness (QED) is 0.0205. The Morgan fingerprint density at radius 1 is 0.444 bits per heavy atom. The second-order valence-corrected chi connectivity index (χ2v) is 24.7. The van der Waals surface area contributed by atoms with Crippen LogP contribution in [0.3, 0.4) is 0 Å². The number of phosphoric acid groups is 1. The van der Waals surface area contributed by atoms with Gasteiger partial charge in [-0.25, -0.2) is 4.57 Å². The highest BCUT2D eigenvalue weighted by Crippen LogP contribution is 2.43. The normalized spacial score (nSPS) is 14.3. The highest BCUT2D eigenvalue weighted by Gasteiger charge is 2.30. The molecule has 0 radical (unpaired) electrons. The van der Waals surface area contributed by atoms with Crippen LogP contribution in [0.1, 0.15) is 278 Å². The SMILES string of the molecule is CC/C=C\C/C=C\C/C=C\C/C=C\C/C=C\CCCCCCCCCCCC(=O)NC(COP(=O)(O)OCC[N+](C)(C)C)C(/C=C\CCCCCCCCCCC)OC(=O)CCCCCCCC/C=C\C/C=C\C/C=C\CCCCC. The van der Waals surface area contributed by atoms with Gasteiger partial charge in [0.05, 0.1) is 33.8 Å². The number of likely N-dealkylation sites (N-methyl/N-ethyl adjacent to an activating group) is 1. The summed E-state index contributed by atoms with van der Waals surface area (Å²) in [7, 11) is 1.47. The molecule has 0 saturated carbocycles. The number of carbonyl (C=O) groups is 2. The van der Waals surface area contributed by atoms with Crippen LogP contribution in [0.25, 0.3) is 0 Å². The maximum Gasteiger partial charge on any atom is 0.472 e. The fourth-order valence-corrected chi connectivity index (χ4v) is 9.83. The lowest BCUT2D eigenvalue weighted by atomic mass is 10.0. The van der Waals surface area contributed by atoms with Crippen LogP contribution < -0.4 is 5.32 Å². The highest BCUT2D eigenvalue weighted by molar-refractivity contribution is 7.47. The van der Waals surface area contributed by atoms with Gasteiger partial charge in [-0.15, -0.1) is 0 Å². The molecule has 0 aromatic rings. The van der Waals surface area contributed by atoms with Gasteiger partial charge in [0.15, 0.2) is 0 Å². The molecule has 0 rings (SSSR count). The van der Waals surface area contributed by atoms with Crippen LogP contribution in [0.2, 0.25) is 0 Å². The van der Waals surface area contributed by atoms with Crippen molar-refractivity contribution < 1.29 is 37.3 Å². The first-order valence-corrected chi connectivity index (χ1v) is 34.7. The molecule has 1 amide bonds. The lowest BCUT2D eigenvalue weighted by Gasteiger charge is -2.27. The number of ether oxygens (including phenoxy) is 1. The Kier molecular flexibility index (Phi) is 57.4. The van der Waals surface area contributed by atoms with E-state index in [1.807, 2.05) is 33.3 Å². The first-order chi connectivity index (χ1) is 39.4. The van der Waals surface area contributed by atoms with E-state index in [0.29, 0.717) is 17.4 Å². The predicted octanol–water partition coefficient (Wildman–Crippen LogP) is 20.9. The van der Waals surface area contributed by atoms with Crippen molar-refractivity contribution in [2.75, 3.05) is 40.9 Å². The van der Waals surface area contributed by atoms with Crippen molar-refractivity contribution in [3.63, 3.8) is 0 Å². The molecule has 0 aliphatic heterocycles. The van der Waals surface area contributed by atoms with Gasteiger partial charge in [0, 0.05) is 12.8 Å². The average molecular weight is 1150 g/mol. The van der Waals surface area contributed by atoms with Crippen LogP contribution in [0.5, 0.6) is 0 Å². The van der Waals surface area contributed by atoms with Crippen molar-refractivity contribution in [1.29, 1.82) is 0 Å². The molecule has 0 aliphatic rings. The monoisotopic (exact) mass is 1150 g/mol. The summed E-state index contributed by atoms with van der Waals surface area (Å²) in [5.74, 6) is -0.530. The average Bonchev–Trinajstić information content (AvgIpc) is 3.44. The Labute approximate surface area is 500 Å². The summed E-state index contributed by atoms with van der Waals surface area (Å²) in [4.78, 5) is 37.8. The van der Waals surface area contributed by atoms with E-state index in [1.165, 1.54) is 116 Å². The summed E-state index contributed by atoms with van der Waals surface area (Å²) in [5, 5.41) is 3.05. The molecule has 0 spiro atoms. The van der Waals surface area contributed by atoms with Crippen molar-refractivity contribution in [2.45, 2.75) is 290 Å². The standard InChI is InChI=1S/C71H125N2O7P/c1-7-10-13-16-19-22-25-27-29-31-33-34-35-36-37-38-40-41-43-45-48-51-54-57-60-63-70(74)72-68(67-79-81(76,77)78-66-65-73(4,5)6)69(62-59-56-53-50-47-24-21-18-15-12-9-3)80-71(75)64-61-58-55-52-49-46-44-42-39-32-30-28-26-23-20-17-14-11-8-2/h10,13,19-20,22-23,27-30,33-34,36-37,39,42,59,62,68-69H,7-9,11-12,14-18,21,24-26,31-32,35,38,40-41,43-58,60-61,63-67H2,1-6H3,(H-,72,74,76,77)/p+1/b13-10-,22-19-,23-20-,29-27-,30-28-,34-33-,37-36-,42-39-,62-59-. The highest BCUT2D eigenvalue weighted by atomic mass is 31.2. The van der Waals surface area contributed by atoms with Crippen molar-refractivity contribution >= 4 is 19.7 Å². The van der Waals surface area contributed by atoms with E-state index >= 15 is 0 Å². The lowest BCUT2D eigenvalue weighted by molar-refractivity contribution is -0.870. The molecule has 0 aliphatic carbocycles. The number of hydrogen-bond acceptors (Lipinski definition) is 6. The van der Waals surface area contributed by atoms with Crippen molar-refractivity contribution in [1.82, 2.24) is 5.32 Å². The van der Waals surface area contributed by atoms with Gasteiger partial charge in [-0.2, -0.15) is 0 Å². The molecular weight excluding hydrogens is 1020 g/mol. The molecule has 81 heavy (non-hydrogen) atoms. The molecule has 0 bridgehead atoms. The Morgan fingerprint density at radius 3 is 1.21 bits per heavy atom. The molecule has 3 atom stereocenters. The van der Waals surface area contributed by atoms with Gasteiger partial charge in [-0.1, -0.05) is 259 Å². The van der Waals surface area contributed by atoms with Gasteiger partial charge in [0.25, 0.3) is 0 Å². The number of phosphoric ester groups is 1. The molecule has 0 aromatic carbocycles. The van der Waals surface area contributed by atoms with E-state index in [2.05, 4.69) is 123 Å². The molecule has 9 nitrogen and oxygen atoms in total. The van der Waals surface area contributed by atoms with Gasteiger partial charge in [0.1, 0.15) is 19.3 Å². The van der Waals surface area contributed by atoms with E-state index in [1.54, 1.807) is 0 Å². The van der Waals surface area contributed by atoms with Gasteiger partial charge >= 0.3 is 13.8 Å². The summed E-state index contributed by atoms with van der Waals surface area (Å²) in [6, 6.07) is -0.864. The van der Waals surface area contributed by atoms with Gasteiger partial charge in [0.2, 0.25) is 5.91 Å². The molecule has 10 heteroatoms. The third-order valence-electron chi connectivity index (χ3n) is 14.2. The Hall–Kier alpha value is -3.33. The summed E-state index contributed by atoms with van der Waals surface area (Å²) in [6.07, 6.45) is 82.3. The minimum atomic E-state index is -4.46. The number of nitrogens with zero attached hydrogens (tertiary/aromatic N) is 1. The van der Waals surface area contributed by atoms with Crippen molar-refractivity contribution in [3.05, 3.63) is 109 Å². The van der Waals surface area contributed by atoms with Crippen LogP contribution in [0.15, 0.2) is 109 Å². The van der Waals surface area contributed by atoms with E-state index in [-0.39, 0.29) is 31.5 Å². The Bertz CT molecular complexity index is 1750. The van der Waals surface area contributed by atoms with E-state index in [0.717, 1.165) is 128 Å². The van der Waals surface area contributed by atoms with Gasteiger partial charge < -0.3 is 19.4 Å². The van der Waals surface area contributed by atoms with Gasteiger partial charge in [-0.3, -0.25) is 18.6 Å². The second kappa shape index (κ2) is 59.8. The molecular formula is C71H126N2O7P+. The predicted molar refractivity (Wildman–Crippen MR) is 350 cm³/mol. The fraction of sp³-hybridized carbons (Fsp3) is 0.718. The number of allylic oxidation sites excluding steroid dienone is 17. The van der Waals surface area contributed by atoms with E-state index < -0.39 is 20.0 Å². The van der Waals surface area contributed by atoms with Crippen LogP contribution >= 0.6 is 7.82 Å². The zero-order chi connectivity index (χ0) is 59.3. The van der Waals surface area contributed by atoms with E-state index in [4.69, 9.17) is 13.8 Å². The van der Waals surface area contributed by atoms with E-state index in [9.17, 15) is 19.0 Å². The number of amides is 1. The number of esters is 1. The minimum Gasteiger partial charge on any atom is -0.456 e. The zero-order valence-electron chi connectivity index (χ0n) is 53.2. The van der Waals surface area contributed by atoms with Crippen molar-refractivity contribution in [3.8, 4) is 0 Å². The summed E-state index contributed by atoms with van der Waals surface area (Å²) in [6.45, 7) is 6.85. The molecule has 0 heterocycles. The maximum atomic E-state index is 13.6. The number of unbranched alkanes of at least 4 members (excludes halogenated alkanes) is 27. The minimum absolute atomic E-state index is 0.0315. The Balaban J connectivity index is 5.15. The first kappa shape index (κ1) is 77.7. The van der Waals surface area contributed by atoms with Crippen LogP contribution in [0, 0.1) is 0 Å². The second-order valence-electron chi connectivity index (χ2n) is 23.3. The number of hydrogen-bond donors (Lipinski definition) is 2. The molecule has 0 aromatic heterocycles. The Morgan fingerprint density at radius 2 is 0.790 bits per heavy atom. The largest absolute Gasteiger partial charge is 0.472 e. The van der Waals surface area contributed by atoms with Crippen molar-refractivity contribution in [2.24, 2.45) is 0 Å². The molecule has 3 unspecified atom stereocenters. The fourth-order valence-electron chi connectivity index (χ4n) is 9.09. The molecule has 0 fully saturated rings. The van der Waals surface area contributed by atoms with Crippen LogP contribution in [-0.2, 0) is 27.9 Å². The smallest absolute Gasteiger partial charge is 0.456 e. The third-order valence-corrected chi connectivity index (χ3v) is 15.2. The number of quaternary nitrogens is 1. The molecule has 2 N–H and O–H groups in total. The molecule has 0 saturated heterocycles. The summed E-state index contributed by atoms with van der Waals surface area (Å²) in [5.41, 5.74) is 0. The zero-order valence-corrected chi connectivity index (χ0v) is 54.1. The topological polar surface area (TPSA) is 111 Å².